The lowest BCUT2D eigenvalue weighted by molar-refractivity contribution is -0.131. The van der Waals surface area contributed by atoms with Crippen LogP contribution in [0, 0.1) is 10.8 Å². The number of quaternary nitrogens is 1. The summed E-state index contributed by atoms with van der Waals surface area (Å²) in [6, 6.07) is 32.8. The number of nitrogens with zero attached hydrogens (tertiary/aromatic N) is 4. The molecule has 4 heterocycles. The Balaban J connectivity index is 0.000000194. The Hall–Kier alpha value is -4.16. The molecule has 3 aromatic rings. The van der Waals surface area contributed by atoms with E-state index in [1.54, 1.807) is 9.80 Å². The van der Waals surface area contributed by atoms with Crippen LogP contribution >= 0.6 is 0 Å². The molecule has 0 spiro atoms. The fourth-order valence-electron chi connectivity index (χ4n) is 8.89. The van der Waals surface area contributed by atoms with Gasteiger partial charge in [0.15, 0.2) is 7.98 Å². The number of ketones is 1. The number of carbonyl (C=O) groups excluding carboxylic acids is 3. The van der Waals surface area contributed by atoms with E-state index in [2.05, 4.69) is 116 Å². The Bertz CT molecular complexity index is 1930. The van der Waals surface area contributed by atoms with Gasteiger partial charge in [0.2, 0.25) is 0 Å². The number of hydrogen-bond acceptors (Lipinski definition) is 8. The van der Waals surface area contributed by atoms with E-state index in [0.717, 1.165) is 6.54 Å². The van der Waals surface area contributed by atoms with E-state index in [0.29, 0.717) is 53.0 Å². The predicted octanol–water partition coefficient (Wildman–Crippen LogP) is 9.09. The van der Waals surface area contributed by atoms with Crippen molar-refractivity contribution >= 4 is 38.7 Å². The van der Waals surface area contributed by atoms with E-state index >= 15 is 0 Å². The van der Waals surface area contributed by atoms with Gasteiger partial charge in [-0.25, -0.2) is 9.59 Å². The maximum absolute atomic E-state index is 11.8. The molecular weight excluding hydrogens is 814 g/mol. The highest BCUT2D eigenvalue weighted by molar-refractivity contribution is 6.48. The van der Waals surface area contributed by atoms with E-state index in [9.17, 15) is 19.5 Å². The van der Waals surface area contributed by atoms with Gasteiger partial charge >= 0.3 is 19.2 Å². The van der Waals surface area contributed by atoms with Crippen molar-refractivity contribution in [2.24, 2.45) is 10.8 Å². The summed E-state index contributed by atoms with van der Waals surface area (Å²) in [5.74, 6) is 0.215. The number of piperidine rings is 2. The molecule has 4 aliphatic rings. The van der Waals surface area contributed by atoms with Crippen LogP contribution in [0.25, 0.3) is 0 Å². The standard InChI is InChI=1S/C18H20BNO.C12H23NO3.C12H21NO3.C10H18BN/c1-19-20-14-8-13-17(20)18(21-19,15-9-4-2-5-10-15)16-11-6-3-7-12-16;2*1-11(2,3)16-10(15)13-7-6-9(14)12(4,5)8-13;1-3-12(11,4-2)10-8-6-5-7-9-10/h2-7,9-12,17H,8,13-14H2,1H3;9,14H,6-8H2,1-5H3;6-8H2,1-5H3;5-9H,3-4H2,1-2,11H3/t17-;9-;;/m01../s1. The van der Waals surface area contributed by atoms with Crippen LogP contribution in [0.2, 0.25) is 6.82 Å². The van der Waals surface area contributed by atoms with Crippen LogP contribution in [0.15, 0.2) is 91.0 Å². The van der Waals surface area contributed by atoms with Crippen molar-refractivity contribution in [3.8, 4) is 0 Å². The van der Waals surface area contributed by atoms with Crippen LogP contribution in [0.4, 0.5) is 15.3 Å². The first kappa shape index (κ1) is 53.5. The molecule has 65 heavy (non-hydrogen) atoms. The number of likely N-dealkylation sites (tertiary alicyclic amines) is 2. The molecule has 7 rings (SSSR count). The lowest BCUT2D eigenvalue weighted by atomic mass is 9.79. The van der Waals surface area contributed by atoms with E-state index in [1.165, 1.54) is 47.1 Å². The highest BCUT2D eigenvalue weighted by atomic mass is 16.6. The number of rotatable bonds is 5. The second-order valence-corrected chi connectivity index (χ2v) is 20.7. The highest BCUT2D eigenvalue weighted by Gasteiger charge is 2.56. The van der Waals surface area contributed by atoms with Gasteiger partial charge < -0.3 is 38.2 Å². The zero-order chi connectivity index (χ0) is 48.4. The number of Topliss-reactive ketones (excluding diaryl/α,β-unsaturated/α-hetero) is 1. The summed E-state index contributed by atoms with van der Waals surface area (Å²) in [4.78, 5) is 41.0. The maximum atomic E-state index is 11.8. The molecule has 0 aliphatic carbocycles. The smallest absolute Gasteiger partial charge is 0.410 e. The second kappa shape index (κ2) is 22.1. The molecule has 0 bridgehead atoms. The van der Waals surface area contributed by atoms with Crippen LogP contribution in [-0.4, -0.2) is 122 Å². The number of ether oxygens (including phenoxy) is 2. The van der Waals surface area contributed by atoms with Gasteiger partial charge in [-0.05, 0) is 111 Å². The first-order valence-corrected chi connectivity index (χ1v) is 23.5. The molecule has 358 valence electrons. The average molecular weight is 897 g/mol. The normalized spacial score (nSPS) is 21.3. The summed E-state index contributed by atoms with van der Waals surface area (Å²) in [6.07, 6.45) is 2.55. The third-order valence-electron chi connectivity index (χ3n) is 12.3. The minimum Gasteiger partial charge on any atom is -0.489 e. The molecule has 0 radical (unpaired) electrons. The molecule has 2 amide bonds. The first-order chi connectivity index (χ1) is 30.3. The fraction of sp³-hybridized carbons (Fsp3) is 0.596. The third kappa shape index (κ3) is 14.2. The summed E-state index contributed by atoms with van der Waals surface area (Å²) < 4.78 is 18.5. The molecule has 0 saturated carbocycles. The summed E-state index contributed by atoms with van der Waals surface area (Å²) >= 11 is 0. The molecule has 0 aromatic heterocycles. The number of carbonyl (C=O) groups is 3. The SMILES string of the molecule is CB1OC(c2ccccc2)(c2ccccc2)[C@@H]2CCCN12.CC(C)(C)OC(=O)N1CCC(=O)C(C)(C)C1.CC(C)(C)OC(=O)N1CC[C@@H](O)C(C)(C)C1.[BH3-][N+](CC)(CC)c1ccccc1. The zero-order valence-corrected chi connectivity index (χ0v) is 41.4. The largest absolute Gasteiger partial charge is 0.489 e. The molecule has 0 unspecified atom stereocenters. The molecule has 1 N–H and O–H groups in total. The van der Waals surface area contributed by atoms with Gasteiger partial charge in [0.05, 0.1) is 11.8 Å². The number of para-hydroxylation sites is 1. The van der Waals surface area contributed by atoms with Crippen LogP contribution in [0.5, 0.6) is 0 Å². The van der Waals surface area contributed by atoms with Crippen LogP contribution in [0.1, 0.15) is 120 Å². The first-order valence-electron chi connectivity index (χ1n) is 23.5. The molecule has 4 fully saturated rings. The Labute approximate surface area is 393 Å². The number of aliphatic hydroxyl groups is 1. The Morgan fingerprint density at radius 1 is 0.754 bits per heavy atom. The van der Waals surface area contributed by atoms with Crippen LogP contribution in [-0.2, 0) is 24.5 Å². The predicted molar refractivity (Wildman–Crippen MR) is 269 cm³/mol. The minimum atomic E-state index is -0.483. The Morgan fingerprint density at radius 2 is 1.22 bits per heavy atom. The average Bonchev–Trinajstić information content (AvgIpc) is 3.86. The van der Waals surface area contributed by atoms with Gasteiger partial charge in [-0.2, -0.15) is 0 Å². The maximum Gasteiger partial charge on any atom is 0.410 e. The van der Waals surface area contributed by atoms with Gasteiger partial charge in [-0.3, -0.25) is 4.79 Å². The van der Waals surface area contributed by atoms with Crippen molar-refractivity contribution in [3.05, 3.63) is 102 Å². The van der Waals surface area contributed by atoms with Gasteiger partial charge in [0, 0.05) is 62.6 Å². The zero-order valence-electron chi connectivity index (χ0n) is 41.4. The van der Waals surface area contributed by atoms with E-state index in [1.807, 2.05) is 69.2 Å². The van der Waals surface area contributed by atoms with Crippen molar-refractivity contribution in [1.82, 2.24) is 19.0 Å². The number of fused-ring (bicyclic) bond motifs is 1. The monoisotopic (exact) mass is 897 g/mol. The van der Waals surface area contributed by atoms with Crippen molar-refractivity contribution in [2.45, 2.75) is 145 Å². The number of hydrogen-bond donors (Lipinski definition) is 1. The molecule has 4 aliphatic heterocycles. The van der Waals surface area contributed by atoms with Gasteiger partial charge in [0.1, 0.15) is 22.6 Å². The van der Waals surface area contributed by atoms with E-state index in [4.69, 9.17) is 14.1 Å². The number of benzene rings is 3. The van der Waals surface area contributed by atoms with Crippen molar-refractivity contribution in [2.75, 3.05) is 45.8 Å². The van der Waals surface area contributed by atoms with Crippen LogP contribution in [0.3, 0.4) is 0 Å². The Morgan fingerprint density at radius 3 is 1.65 bits per heavy atom. The number of amides is 2. The lowest BCUT2D eigenvalue weighted by Crippen LogP contribution is -2.51. The summed E-state index contributed by atoms with van der Waals surface area (Å²) in [5.41, 5.74) is 2.10. The second-order valence-electron chi connectivity index (χ2n) is 20.7. The summed E-state index contributed by atoms with van der Waals surface area (Å²) in [5, 5.41) is 9.79. The minimum absolute atomic E-state index is 0.179. The summed E-state index contributed by atoms with van der Waals surface area (Å²) in [7, 11) is 0.511. The van der Waals surface area contributed by atoms with Crippen LogP contribution < -0.4 is 4.39 Å². The molecular formula is C52H82B2N4O7. The lowest BCUT2D eigenvalue weighted by Gasteiger charge is -2.41. The van der Waals surface area contributed by atoms with Gasteiger partial charge in [-0.15, -0.1) is 0 Å². The quantitative estimate of drug-likeness (QED) is 0.253. The topological polar surface area (TPSA) is 109 Å². The number of aliphatic hydroxyl groups excluding tert-OH is 1. The highest BCUT2D eigenvalue weighted by Crippen LogP contribution is 2.48. The van der Waals surface area contributed by atoms with Crippen molar-refractivity contribution < 1.29 is 33.6 Å². The molecule has 3 aromatic carbocycles. The van der Waals surface area contributed by atoms with Crippen molar-refractivity contribution in [3.63, 3.8) is 0 Å². The third-order valence-corrected chi connectivity index (χ3v) is 12.3. The van der Waals surface area contributed by atoms with Gasteiger partial charge in [0.25, 0.3) is 0 Å². The van der Waals surface area contributed by atoms with Crippen molar-refractivity contribution in [1.29, 1.82) is 0 Å². The molecule has 4 saturated heterocycles. The molecule has 13 heteroatoms. The van der Waals surface area contributed by atoms with Gasteiger partial charge in [-0.1, -0.05) is 107 Å². The Kier molecular flexibility index (Phi) is 18.2. The van der Waals surface area contributed by atoms with E-state index < -0.39 is 16.6 Å². The van der Waals surface area contributed by atoms with E-state index in [-0.39, 0.29) is 42.1 Å². The molecule has 11 nitrogen and oxygen atoms in total. The molecule has 2 atom stereocenters. The fourth-order valence-corrected chi connectivity index (χ4v) is 8.89. The summed E-state index contributed by atoms with van der Waals surface area (Å²) in [6.45, 7) is 31.2.